The van der Waals surface area contributed by atoms with Crippen LogP contribution in [0.2, 0.25) is 0 Å². The maximum atomic E-state index is 12.8. The van der Waals surface area contributed by atoms with Gasteiger partial charge in [-0.3, -0.25) is 14.6 Å². The first kappa shape index (κ1) is 25.0. The molecule has 2 aromatic rings. The Morgan fingerprint density at radius 2 is 1.73 bits per heavy atom. The summed E-state index contributed by atoms with van der Waals surface area (Å²) in [5.74, 6) is 0.336. The van der Waals surface area contributed by atoms with E-state index < -0.39 is 0 Å². The number of phenols is 1. The van der Waals surface area contributed by atoms with E-state index in [2.05, 4.69) is 55.3 Å². The molecule has 0 saturated carbocycles. The minimum absolute atomic E-state index is 0.000802. The Balaban J connectivity index is 1.95. The molecule has 0 aliphatic carbocycles. The maximum Gasteiger partial charge on any atom is 0.253 e. The van der Waals surface area contributed by atoms with Crippen LogP contribution in [0.4, 0.5) is 0 Å². The number of aromatic hydroxyl groups is 1. The van der Waals surface area contributed by atoms with Gasteiger partial charge in [0.15, 0.2) is 0 Å². The van der Waals surface area contributed by atoms with E-state index in [9.17, 15) is 9.90 Å². The van der Waals surface area contributed by atoms with Gasteiger partial charge in [0.05, 0.1) is 6.04 Å². The molecule has 5 nitrogen and oxygen atoms in total. The highest BCUT2D eigenvalue weighted by Crippen LogP contribution is 2.34. The van der Waals surface area contributed by atoms with E-state index in [1.165, 1.54) is 5.57 Å². The average molecular weight is 450 g/mol. The third-order valence-electron chi connectivity index (χ3n) is 6.68. The zero-order chi connectivity index (χ0) is 24.1. The average Bonchev–Trinajstić information content (AvgIpc) is 2.78. The summed E-state index contributed by atoms with van der Waals surface area (Å²) < 4.78 is 0. The molecule has 1 amide bonds. The van der Waals surface area contributed by atoms with Crippen molar-refractivity contribution >= 4 is 5.91 Å². The van der Waals surface area contributed by atoms with Crippen molar-refractivity contribution in [3.63, 3.8) is 0 Å². The van der Waals surface area contributed by atoms with Gasteiger partial charge in [-0.25, -0.2) is 0 Å². The Kier molecular flexibility index (Phi) is 8.33. The fourth-order valence-electron chi connectivity index (χ4n) is 4.92. The summed E-state index contributed by atoms with van der Waals surface area (Å²) in [6.45, 7) is 18.9. The molecule has 1 N–H and O–H groups in total. The Morgan fingerprint density at radius 3 is 2.30 bits per heavy atom. The molecule has 33 heavy (non-hydrogen) atoms. The minimum Gasteiger partial charge on any atom is -0.508 e. The van der Waals surface area contributed by atoms with E-state index in [1.54, 1.807) is 6.07 Å². The molecule has 1 fully saturated rings. The summed E-state index contributed by atoms with van der Waals surface area (Å²) in [4.78, 5) is 19.7. The number of carbonyl (C=O) groups is 1. The number of benzene rings is 2. The van der Waals surface area contributed by atoms with Crippen LogP contribution in [-0.2, 0) is 0 Å². The standard InChI is InChI=1S/C28H39N3O2/c1-7-29(8-2)28(33)24-14-12-23(13-15-24)27(25-10-9-11-26(32)16-25)31-19-21(5)30(17-20(3)4)18-22(31)6/h9-16,21-22,27,32H,3,7-8,17-19H2,1-2,4-6H3/t21-,22+,27?/m1/s1. The molecule has 0 radical (unpaired) electrons. The topological polar surface area (TPSA) is 47.0 Å². The molecule has 3 atom stereocenters. The molecule has 3 rings (SSSR count). The zero-order valence-corrected chi connectivity index (χ0v) is 20.8. The molecule has 2 aromatic carbocycles. The van der Waals surface area contributed by atoms with Crippen molar-refractivity contribution in [2.45, 2.75) is 52.7 Å². The highest BCUT2D eigenvalue weighted by molar-refractivity contribution is 5.94. The summed E-state index contributed by atoms with van der Waals surface area (Å²) in [7, 11) is 0. The van der Waals surface area contributed by atoms with Crippen molar-refractivity contribution in [2.75, 3.05) is 32.7 Å². The van der Waals surface area contributed by atoms with Gasteiger partial charge in [-0.2, -0.15) is 0 Å². The lowest BCUT2D eigenvalue weighted by atomic mass is 9.92. The fourth-order valence-corrected chi connectivity index (χ4v) is 4.92. The highest BCUT2D eigenvalue weighted by Gasteiger charge is 2.34. The van der Waals surface area contributed by atoms with Crippen LogP contribution >= 0.6 is 0 Å². The van der Waals surface area contributed by atoms with Gasteiger partial charge in [0.25, 0.3) is 5.91 Å². The minimum atomic E-state index is -0.000802. The van der Waals surface area contributed by atoms with E-state index in [1.807, 2.05) is 43.0 Å². The number of amides is 1. The third-order valence-corrected chi connectivity index (χ3v) is 6.68. The number of piperazine rings is 1. The molecule has 1 aliphatic heterocycles. The normalized spacial score (nSPS) is 20.4. The lowest BCUT2D eigenvalue weighted by Crippen LogP contribution is -2.57. The van der Waals surface area contributed by atoms with E-state index in [0.29, 0.717) is 30.7 Å². The molecular weight excluding hydrogens is 410 g/mol. The Bertz CT molecular complexity index is 952. The molecule has 178 valence electrons. The first-order valence-corrected chi connectivity index (χ1v) is 12.1. The Morgan fingerprint density at radius 1 is 1.06 bits per heavy atom. The summed E-state index contributed by atoms with van der Waals surface area (Å²) in [5, 5.41) is 10.2. The van der Waals surface area contributed by atoms with Crippen LogP contribution < -0.4 is 0 Å². The SMILES string of the molecule is C=C(C)CN1C[C@H](C)N(C(c2ccc(C(=O)N(CC)CC)cc2)c2cccc(O)c2)C[C@H]1C. The van der Waals surface area contributed by atoms with Crippen LogP contribution in [0.15, 0.2) is 60.7 Å². The van der Waals surface area contributed by atoms with Gasteiger partial charge < -0.3 is 10.0 Å². The second-order valence-corrected chi connectivity index (χ2v) is 9.38. The van der Waals surface area contributed by atoms with Crippen molar-refractivity contribution in [1.82, 2.24) is 14.7 Å². The first-order valence-electron chi connectivity index (χ1n) is 12.1. The van der Waals surface area contributed by atoms with Crippen molar-refractivity contribution in [3.8, 4) is 5.75 Å². The third kappa shape index (κ3) is 5.84. The van der Waals surface area contributed by atoms with E-state index in [0.717, 1.165) is 30.8 Å². The zero-order valence-electron chi connectivity index (χ0n) is 20.8. The number of hydrogen-bond donors (Lipinski definition) is 1. The molecule has 1 saturated heterocycles. The molecule has 5 heteroatoms. The summed E-state index contributed by atoms with van der Waals surface area (Å²) in [6.07, 6.45) is 0. The monoisotopic (exact) mass is 449 g/mol. The molecule has 1 unspecified atom stereocenters. The van der Waals surface area contributed by atoms with Gasteiger partial charge in [-0.15, -0.1) is 0 Å². The van der Waals surface area contributed by atoms with Crippen molar-refractivity contribution < 1.29 is 9.90 Å². The smallest absolute Gasteiger partial charge is 0.253 e. The van der Waals surface area contributed by atoms with Crippen LogP contribution in [0.25, 0.3) is 0 Å². The molecule has 1 aliphatic rings. The van der Waals surface area contributed by atoms with Crippen molar-refractivity contribution in [1.29, 1.82) is 0 Å². The maximum absolute atomic E-state index is 12.8. The molecule has 0 bridgehead atoms. The lowest BCUT2D eigenvalue weighted by molar-refractivity contribution is 0.0293. The second-order valence-electron chi connectivity index (χ2n) is 9.38. The molecule has 1 heterocycles. The van der Waals surface area contributed by atoms with Crippen molar-refractivity contribution in [3.05, 3.63) is 77.4 Å². The van der Waals surface area contributed by atoms with Gasteiger partial charge in [0.1, 0.15) is 5.75 Å². The highest BCUT2D eigenvalue weighted by atomic mass is 16.3. The van der Waals surface area contributed by atoms with Gasteiger partial charge in [-0.05, 0) is 70.0 Å². The number of phenolic OH excluding ortho intramolecular Hbond substituents is 1. The Labute approximate surface area is 199 Å². The molecule has 0 aromatic heterocycles. The molecular formula is C28H39N3O2. The number of hydrogen-bond acceptors (Lipinski definition) is 4. The second kappa shape index (κ2) is 11.0. The summed E-state index contributed by atoms with van der Waals surface area (Å²) >= 11 is 0. The molecule has 0 spiro atoms. The van der Waals surface area contributed by atoms with Gasteiger partial charge in [0.2, 0.25) is 0 Å². The van der Waals surface area contributed by atoms with Crippen LogP contribution in [0.5, 0.6) is 5.75 Å². The van der Waals surface area contributed by atoms with Crippen LogP contribution in [-0.4, -0.2) is 70.5 Å². The van der Waals surface area contributed by atoms with E-state index >= 15 is 0 Å². The van der Waals surface area contributed by atoms with E-state index in [-0.39, 0.29) is 17.7 Å². The van der Waals surface area contributed by atoms with Crippen LogP contribution in [0, 0.1) is 0 Å². The summed E-state index contributed by atoms with van der Waals surface area (Å²) in [6, 6.07) is 16.3. The fraction of sp³-hybridized carbons (Fsp3) is 0.464. The first-order chi connectivity index (χ1) is 15.7. The lowest BCUT2D eigenvalue weighted by Gasteiger charge is -2.47. The number of rotatable bonds is 8. The van der Waals surface area contributed by atoms with Crippen molar-refractivity contribution in [2.24, 2.45) is 0 Å². The largest absolute Gasteiger partial charge is 0.508 e. The van der Waals surface area contributed by atoms with E-state index in [4.69, 9.17) is 0 Å². The Hall–Kier alpha value is -2.63. The van der Waals surface area contributed by atoms with Gasteiger partial charge in [0, 0.05) is 50.4 Å². The van der Waals surface area contributed by atoms with Gasteiger partial charge in [-0.1, -0.05) is 36.4 Å². The van der Waals surface area contributed by atoms with Gasteiger partial charge >= 0.3 is 0 Å². The number of nitrogens with zero attached hydrogens (tertiary/aromatic N) is 3. The van der Waals surface area contributed by atoms with Crippen LogP contribution in [0.1, 0.15) is 62.1 Å². The number of carbonyl (C=O) groups excluding carboxylic acids is 1. The summed E-state index contributed by atoms with van der Waals surface area (Å²) in [5.41, 5.74) is 4.08. The van der Waals surface area contributed by atoms with Crippen LogP contribution in [0.3, 0.4) is 0 Å². The predicted octanol–water partition coefficient (Wildman–Crippen LogP) is 4.93. The predicted molar refractivity (Wildman–Crippen MR) is 136 cm³/mol. The quantitative estimate of drug-likeness (QED) is 0.580.